The van der Waals surface area contributed by atoms with E-state index in [1.807, 2.05) is 0 Å². The van der Waals surface area contributed by atoms with Crippen LogP contribution in [0.5, 0.6) is 11.5 Å². The molecule has 0 fully saturated rings. The second kappa shape index (κ2) is 9.50. The van der Waals surface area contributed by atoms with E-state index in [0.29, 0.717) is 28.1 Å². The van der Waals surface area contributed by atoms with Gasteiger partial charge in [0.25, 0.3) is 5.91 Å². The maximum Gasteiger partial charge on any atom is 0.274 e. The van der Waals surface area contributed by atoms with E-state index in [9.17, 15) is 9.18 Å². The standard InChI is InChI=1S/C19H15BrFN3O3/c1-3-6-27-18-15(20)7-13(9-17(18)26-2)11-23-24-19(25)14-5-4-12(10-22)8-16(14)21/h3-5,7-9,11H,1,6H2,2H3,(H,24,25)/b23-11-. The Hall–Kier alpha value is -3.18. The lowest BCUT2D eigenvalue weighted by molar-refractivity contribution is 0.0951. The Morgan fingerprint density at radius 2 is 2.22 bits per heavy atom. The maximum absolute atomic E-state index is 13.8. The molecule has 27 heavy (non-hydrogen) atoms. The number of methoxy groups -OCH3 is 1. The number of nitrogens with zero attached hydrogens (tertiary/aromatic N) is 2. The normalized spacial score (nSPS) is 10.3. The van der Waals surface area contributed by atoms with Crippen LogP contribution < -0.4 is 14.9 Å². The first-order valence-corrected chi connectivity index (χ1v) is 8.43. The van der Waals surface area contributed by atoms with Gasteiger partial charge in [-0.05, 0) is 51.8 Å². The molecule has 0 radical (unpaired) electrons. The number of carbonyl (C=O) groups is 1. The molecule has 0 saturated carbocycles. The lowest BCUT2D eigenvalue weighted by atomic mass is 10.1. The van der Waals surface area contributed by atoms with Crippen molar-refractivity contribution in [2.45, 2.75) is 0 Å². The van der Waals surface area contributed by atoms with E-state index in [0.717, 1.165) is 6.07 Å². The van der Waals surface area contributed by atoms with Crippen LogP contribution in [0.25, 0.3) is 0 Å². The Balaban J connectivity index is 2.14. The quantitative estimate of drug-likeness (QED) is 0.410. The highest BCUT2D eigenvalue weighted by Crippen LogP contribution is 2.36. The predicted octanol–water partition coefficient (Wildman–Crippen LogP) is 3.80. The molecule has 6 nitrogen and oxygen atoms in total. The van der Waals surface area contributed by atoms with E-state index in [1.54, 1.807) is 24.3 Å². The monoisotopic (exact) mass is 431 g/mol. The third-order valence-electron chi connectivity index (χ3n) is 3.32. The zero-order valence-electron chi connectivity index (χ0n) is 14.3. The van der Waals surface area contributed by atoms with Crippen LogP contribution in [-0.2, 0) is 0 Å². The van der Waals surface area contributed by atoms with Crippen LogP contribution in [0.4, 0.5) is 4.39 Å². The summed E-state index contributed by atoms with van der Waals surface area (Å²) in [6.45, 7) is 3.91. The van der Waals surface area contributed by atoms with Gasteiger partial charge in [-0.15, -0.1) is 0 Å². The zero-order valence-corrected chi connectivity index (χ0v) is 15.9. The number of hydrogen-bond donors (Lipinski definition) is 1. The lowest BCUT2D eigenvalue weighted by Crippen LogP contribution is -2.19. The molecule has 138 valence electrons. The van der Waals surface area contributed by atoms with Crippen LogP contribution in [0.15, 0.2) is 52.6 Å². The third kappa shape index (κ3) is 5.15. The number of hydrogen-bond acceptors (Lipinski definition) is 5. The summed E-state index contributed by atoms with van der Waals surface area (Å²) >= 11 is 3.39. The van der Waals surface area contributed by atoms with Gasteiger partial charge in [-0.1, -0.05) is 12.7 Å². The Morgan fingerprint density at radius 1 is 1.44 bits per heavy atom. The first-order chi connectivity index (χ1) is 13.0. The first kappa shape index (κ1) is 20.1. The summed E-state index contributed by atoms with van der Waals surface area (Å²) in [5.41, 5.74) is 2.77. The summed E-state index contributed by atoms with van der Waals surface area (Å²) in [4.78, 5) is 12.0. The van der Waals surface area contributed by atoms with Crippen LogP contribution >= 0.6 is 15.9 Å². The molecule has 0 unspecified atom stereocenters. The highest BCUT2D eigenvalue weighted by molar-refractivity contribution is 9.10. The minimum atomic E-state index is -0.796. The summed E-state index contributed by atoms with van der Waals surface area (Å²) in [6, 6.07) is 8.76. The Labute approximate surface area is 164 Å². The zero-order chi connectivity index (χ0) is 19.8. The van der Waals surface area contributed by atoms with E-state index in [2.05, 4.69) is 33.0 Å². The number of benzene rings is 2. The summed E-state index contributed by atoms with van der Waals surface area (Å²) in [7, 11) is 1.50. The van der Waals surface area contributed by atoms with E-state index in [4.69, 9.17) is 14.7 Å². The van der Waals surface area contributed by atoms with Crippen molar-refractivity contribution in [1.29, 1.82) is 5.26 Å². The molecule has 1 amide bonds. The van der Waals surface area contributed by atoms with E-state index >= 15 is 0 Å². The number of carbonyl (C=O) groups excluding carboxylic acids is 1. The second-order valence-corrected chi connectivity index (χ2v) is 5.99. The number of hydrazone groups is 1. The smallest absolute Gasteiger partial charge is 0.274 e. The predicted molar refractivity (Wildman–Crippen MR) is 103 cm³/mol. The van der Waals surface area contributed by atoms with Crippen molar-refractivity contribution in [2.24, 2.45) is 5.10 Å². The molecule has 0 aliphatic rings. The van der Waals surface area contributed by atoms with Crippen molar-refractivity contribution in [2.75, 3.05) is 13.7 Å². The van der Waals surface area contributed by atoms with Gasteiger partial charge < -0.3 is 9.47 Å². The number of nitrogens with one attached hydrogen (secondary N) is 1. The Bertz CT molecular complexity index is 939. The molecular weight excluding hydrogens is 417 g/mol. The number of amides is 1. The van der Waals surface area contributed by atoms with Gasteiger partial charge in [0.2, 0.25) is 0 Å². The molecule has 0 atom stereocenters. The van der Waals surface area contributed by atoms with Gasteiger partial charge in [-0.3, -0.25) is 4.79 Å². The molecule has 0 heterocycles. The minimum Gasteiger partial charge on any atom is -0.493 e. The van der Waals surface area contributed by atoms with Gasteiger partial charge in [0.05, 0.1) is 35.0 Å². The summed E-state index contributed by atoms with van der Waals surface area (Å²) in [6.07, 6.45) is 2.99. The average molecular weight is 432 g/mol. The fourth-order valence-electron chi connectivity index (χ4n) is 2.09. The summed E-state index contributed by atoms with van der Waals surface area (Å²) in [5.74, 6) is -0.546. The number of ether oxygens (including phenoxy) is 2. The number of rotatable bonds is 7. The van der Waals surface area contributed by atoms with Crippen LogP contribution in [0, 0.1) is 17.1 Å². The highest BCUT2D eigenvalue weighted by atomic mass is 79.9. The summed E-state index contributed by atoms with van der Waals surface area (Å²) < 4.78 is 25.3. The van der Waals surface area contributed by atoms with Crippen molar-refractivity contribution < 1.29 is 18.7 Å². The van der Waals surface area contributed by atoms with Crippen molar-refractivity contribution >= 4 is 28.1 Å². The van der Waals surface area contributed by atoms with Crippen LogP contribution in [-0.4, -0.2) is 25.8 Å². The van der Waals surface area contributed by atoms with Gasteiger partial charge in [-0.2, -0.15) is 10.4 Å². The molecular formula is C19H15BrFN3O3. The SMILES string of the molecule is C=CCOc1c(Br)cc(/C=N\NC(=O)c2ccc(C#N)cc2F)cc1OC. The maximum atomic E-state index is 13.8. The topological polar surface area (TPSA) is 83.7 Å². The van der Waals surface area contributed by atoms with Gasteiger partial charge in [-0.25, -0.2) is 9.82 Å². The van der Waals surface area contributed by atoms with Crippen molar-refractivity contribution in [3.05, 3.63) is 70.0 Å². The van der Waals surface area contributed by atoms with E-state index in [1.165, 1.54) is 25.5 Å². The number of nitriles is 1. The molecule has 0 aromatic heterocycles. The molecule has 1 N–H and O–H groups in total. The molecule has 8 heteroatoms. The van der Waals surface area contributed by atoms with Crippen molar-refractivity contribution in [3.8, 4) is 17.6 Å². The summed E-state index contributed by atoms with van der Waals surface area (Å²) in [5, 5.41) is 12.5. The molecule has 2 aromatic rings. The Morgan fingerprint density at radius 3 is 2.85 bits per heavy atom. The molecule has 2 aromatic carbocycles. The second-order valence-electron chi connectivity index (χ2n) is 5.14. The van der Waals surface area contributed by atoms with E-state index in [-0.39, 0.29) is 11.1 Å². The van der Waals surface area contributed by atoms with Gasteiger partial charge >= 0.3 is 0 Å². The number of halogens is 2. The Kier molecular flexibility index (Phi) is 7.08. The minimum absolute atomic E-state index is 0.128. The highest BCUT2D eigenvalue weighted by Gasteiger charge is 2.12. The molecule has 0 aliphatic carbocycles. The van der Waals surface area contributed by atoms with Gasteiger partial charge in [0.1, 0.15) is 12.4 Å². The van der Waals surface area contributed by atoms with Gasteiger partial charge in [0, 0.05) is 0 Å². The molecule has 0 bridgehead atoms. The first-order valence-electron chi connectivity index (χ1n) is 7.64. The fourth-order valence-corrected chi connectivity index (χ4v) is 2.67. The largest absolute Gasteiger partial charge is 0.493 e. The lowest BCUT2D eigenvalue weighted by Gasteiger charge is -2.12. The third-order valence-corrected chi connectivity index (χ3v) is 3.91. The average Bonchev–Trinajstić information content (AvgIpc) is 2.66. The van der Waals surface area contributed by atoms with Gasteiger partial charge in [0.15, 0.2) is 11.5 Å². The van der Waals surface area contributed by atoms with Crippen LogP contribution in [0.3, 0.4) is 0 Å². The molecule has 0 spiro atoms. The van der Waals surface area contributed by atoms with Crippen molar-refractivity contribution in [1.82, 2.24) is 5.43 Å². The van der Waals surface area contributed by atoms with Crippen LogP contribution in [0.1, 0.15) is 21.5 Å². The molecule has 2 rings (SSSR count). The van der Waals surface area contributed by atoms with Crippen LogP contribution in [0.2, 0.25) is 0 Å². The fraction of sp³-hybridized carbons (Fsp3) is 0.105. The molecule has 0 aliphatic heterocycles. The molecule has 0 saturated heterocycles. The van der Waals surface area contributed by atoms with E-state index < -0.39 is 11.7 Å². The van der Waals surface area contributed by atoms with Crippen molar-refractivity contribution in [3.63, 3.8) is 0 Å².